The summed E-state index contributed by atoms with van der Waals surface area (Å²) < 4.78 is 26.1. The van der Waals surface area contributed by atoms with E-state index in [4.69, 9.17) is 9.47 Å². The molecule has 0 fully saturated rings. The van der Waals surface area contributed by atoms with Gasteiger partial charge in [0.2, 0.25) is 0 Å². The molecule has 35 heavy (non-hydrogen) atoms. The van der Waals surface area contributed by atoms with Crippen LogP contribution in [-0.2, 0) is 6.54 Å². The average molecular weight is 520 g/mol. The molecule has 0 saturated carbocycles. The molecule has 0 radical (unpaired) electrons. The number of hydrogen-bond acceptors (Lipinski definition) is 8. The van der Waals surface area contributed by atoms with Gasteiger partial charge in [-0.1, -0.05) is 12.1 Å². The molecule has 8 nitrogen and oxygen atoms in total. The quantitative estimate of drug-likeness (QED) is 0.463. The van der Waals surface area contributed by atoms with Gasteiger partial charge in [0.15, 0.2) is 11.6 Å². The van der Waals surface area contributed by atoms with Gasteiger partial charge in [-0.3, -0.25) is 4.79 Å². The molecule has 1 atom stereocenters. The fourth-order valence-electron chi connectivity index (χ4n) is 3.82. The number of nitrogens with zero attached hydrogens (tertiary/aromatic N) is 4. The number of methoxy groups -OCH3 is 1. The Bertz CT molecular complexity index is 1130. The Kier molecular flexibility index (Phi) is 9.30. The standard InChI is InChI=1S/C24H28FN5O3S.H2S/c1-26-9-8-20(21-5-4-12-34-21)33-19-7-6-16(13-18(19)25)15-30-11-10-29(2)22-17(23(30)31)14-27-24(28-22)32-3;/h4-7,12-14,20,26H,8-11,15H2,1-3H3;1H2/t20-;/m0./s1. The molecular weight excluding hydrogens is 489 g/mol. The zero-order valence-electron chi connectivity index (χ0n) is 20.0. The summed E-state index contributed by atoms with van der Waals surface area (Å²) in [4.78, 5) is 26.2. The van der Waals surface area contributed by atoms with Crippen LogP contribution in [0.2, 0.25) is 0 Å². The number of thiophene rings is 1. The van der Waals surface area contributed by atoms with E-state index >= 15 is 4.39 Å². The van der Waals surface area contributed by atoms with Crippen LogP contribution < -0.4 is 19.7 Å². The van der Waals surface area contributed by atoms with Gasteiger partial charge in [-0.25, -0.2) is 9.37 Å². The number of aromatic nitrogens is 2. The van der Waals surface area contributed by atoms with Crippen LogP contribution in [0.3, 0.4) is 0 Å². The predicted molar refractivity (Wildman–Crippen MR) is 140 cm³/mol. The second kappa shape index (κ2) is 12.2. The maximum absolute atomic E-state index is 15.0. The highest BCUT2D eigenvalue weighted by Crippen LogP contribution is 2.30. The third-order valence-electron chi connectivity index (χ3n) is 5.67. The predicted octanol–water partition coefficient (Wildman–Crippen LogP) is 3.62. The Hall–Kier alpha value is -2.89. The Morgan fingerprint density at radius 2 is 2.11 bits per heavy atom. The molecule has 3 aromatic rings. The molecule has 1 aliphatic heterocycles. The van der Waals surface area contributed by atoms with Crippen LogP contribution in [0.4, 0.5) is 10.2 Å². The highest BCUT2D eigenvalue weighted by molar-refractivity contribution is 7.59. The molecule has 0 spiro atoms. The summed E-state index contributed by atoms with van der Waals surface area (Å²) in [5, 5.41) is 5.10. The minimum Gasteiger partial charge on any atom is -0.482 e. The van der Waals surface area contributed by atoms with Crippen molar-refractivity contribution in [3.8, 4) is 11.8 Å². The number of nitrogens with one attached hydrogen (secondary N) is 1. The lowest BCUT2D eigenvalue weighted by Crippen LogP contribution is -2.33. The molecule has 4 rings (SSSR count). The molecule has 0 saturated heterocycles. The molecule has 1 aliphatic rings. The van der Waals surface area contributed by atoms with Gasteiger partial charge in [0, 0.05) is 44.2 Å². The summed E-state index contributed by atoms with van der Waals surface area (Å²) in [7, 11) is 5.23. The van der Waals surface area contributed by atoms with Crippen molar-refractivity contribution in [2.45, 2.75) is 19.1 Å². The number of halogens is 1. The van der Waals surface area contributed by atoms with E-state index in [0.29, 0.717) is 30.0 Å². The largest absolute Gasteiger partial charge is 0.482 e. The molecule has 1 amide bonds. The van der Waals surface area contributed by atoms with E-state index < -0.39 is 5.82 Å². The van der Waals surface area contributed by atoms with Crippen LogP contribution in [-0.4, -0.2) is 61.6 Å². The van der Waals surface area contributed by atoms with Crippen molar-refractivity contribution in [3.63, 3.8) is 0 Å². The van der Waals surface area contributed by atoms with Crippen LogP contribution in [0, 0.1) is 5.82 Å². The van der Waals surface area contributed by atoms with E-state index in [2.05, 4.69) is 15.3 Å². The number of hydrogen-bond donors (Lipinski definition) is 1. The molecule has 188 valence electrons. The third kappa shape index (κ3) is 6.22. The first kappa shape index (κ1) is 26.7. The van der Waals surface area contributed by atoms with Gasteiger partial charge >= 0.3 is 6.01 Å². The van der Waals surface area contributed by atoms with Crippen LogP contribution in [0.15, 0.2) is 41.9 Å². The van der Waals surface area contributed by atoms with Crippen molar-refractivity contribution >= 4 is 36.6 Å². The van der Waals surface area contributed by atoms with Gasteiger partial charge in [0.25, 0.3) is 5.91 Å². The van der Waals surface area contributed by atoms with E-state index in [-0.39, 0.29) is 43.8 Å². The van der Waals surface area contributed by atoms with Crippen molar-refractivity contribution in [1.29, 1.82) is 0 Å². The number of ether oxygens (including phenoxy) is 2. The number of carbonyl (C=O) groups excluding carboxylic acids is 1. The fraction of sp³-hybridized carbons (Fsp3) is 0.375. The zero-order valence-corrected chi connectivity index (χ0v) is 21.8. The van der Waals surface area contributed by atoms with E-state index in [1.165, 1.54) is 19.4 Å². The number of likely N-dealkylation sites (N-methyl/N-ethyl adjacent to an activating group) is 1. The Balaban J connectivity index is 0.00000342. The first-order chi connectivity index (χ1) is 16.5. The Morgan fingerprint density at radius 1 is 1.29 bits per heavy atom. The minimum atomic E-state index is -0.448. The lowest BCUT2D eigenvalue weighted by atomic mass is 10.1. The number of anilines is 1. The SMILES string of the molecule is CNCC[C@H](Oc1ccc(CN2CCN(C)c3nc(OC)ncc3C2=O)cc1F)c1cccs1.S. The Morgan fingerprint density at radius 3 is 2.80 bits per heavy atom. The van der Waals surface area contributed by atoms with Crippen molar-refractivity contribution in [2.24, 2.45) is 0 Å². The number of benzene rings is 1. The monoisotopic (exact) mass is 519 g/mol. The number of rotatable bonds is 9. The van der Waals surface area contributed by atoms with Gasteiger partial charge in [-0.15, -0.1) is 11.3 Å². The Labute approximate surface area is 215 Å². The van der Waals surface area contributed by atoms with E-state index in [0.717, 1.165) is 17.8 Å². The van der Waals surface area contributed by atoms with Gasteiger partial charge in [-0.2, -0.15) is 18.5 Å². The number of carbonyl (C=O) groups is 1. The number of fused-ring (bicyclic) bond motifs is 1. The van der Waals surface area contributed by atoms with Crippen molar-refractivity contribution in [3.05, 3.63) is 63.7 Å². The molecule has 2 aromatic heterocycles. The van der Waals surface area contributed by atoms with Crippen molar-refractivity contribution < 1.29 is 18.7 Å². The first-order valence-corrected chi connectivity index (χ1v) is 11.9. The van der Waals surface area contributed by atoms with Crippen LogP contribution in [0.5, 0.6) is 11.8 Å². The molecule has 0 unspecified atom stereocenters. The van der Waals surface area contributed by atoms with Crippen molar-refractivity contribution in [1.82, 2.24) is 20.2 Å². The van der Waals surface area contributed by atoms with E-state index in [1.54, 1.807) is 28.4 Å². The molecule has 11 heteroatoms. The second-order valence-electron chi connectivity index (χ2n) is 8.02. The van der Waals surface area contributed by atoms with Gasteiger partial charge in [0.1, 0.15) is 17.5 Å². The van der Waals surface area contributed by atoms with Crippen LogP contribution in [0.1, 0.15) is 33.3 Å². The van der Waals surface area contributed by atoms with E-state index in [9.17, 15) is 4.79 Å². The van der Waals surface area contributed by atoms with Gasteiger partial charge in [-0.05, 0) is 42.7 Å². The lowest BCUT2D eigenvalue weighted by molar-refractivity contribution is 0.0754. The minimum absolute atomic E-state index is 0. The maximum atomic E-state index is 15.0. The molecule has 3 heterocycles. The average Bonchev–Trinajstić information content (AvgIpc) is 3.36. The highest BCUT2D eigenvalue weighted by atomic mass is 32.1. The third-order valence-corrected chi connectivity index (χ3v) is 6.63. The molecular formula is C24H30FN5O3S2. The molecule has 1 aromatic carbocycles. The second-order valence-corrected chi connectivity index (χ2v) is 9.00. The van der Waals surface area contributed by atoms with Crippen LogP contribution in [0.25, 0.3) is 0 Å². The van der Waals surface area contributed by atoms with Crippen LogP contribution >= 0.6 is 24.8 Å². The number of amides is 1. The van der Waals surface area contributed by atoms with Gasteiger partial charge in [0.05, 0.1) is 7.11 Å². The lowest BCUT2D eigenvalue weighted by Gasteiger charge is -2.22. The molecule has 0 aliphatic carbocycles. The summed E-state index contributed by atoms with van der Waals surface area (Å²) in [5.74, 6) is 0.0745. The summed E-state index contributed by atoms with van der Waals surface area (Å²) in [6.07, 6.45) is 1.97. The summed E-state index contributed by atoms with van der Waals surface area (Å²) in [6, 6.07) is 9.04. The summed E-state index contributed by atoms with van der Waals surface area (Å²) >= 11 is 1.59. The highest BCUT2D eigenvalue weighted by Gasteiger charge is 2.27. The fourth-order valence-corrected chi connectivity index (χ4v) is 4.61. The first-order valence-electron chi connectivity index (χ1n) is 11.0. The summed E-state index contributed by atoms with van der Waals surface area (Å²) in [6.45, 7) is 2.07. The topological polar surface area (TPSA) is 79.8 Å². The van der Waals surface area contributed by atoms with Crippen molar-refractivity contribution in [2.75, 3.05) is 45.7 Å². The smallest absolute Gasteiger partial charge is 0.318 e. The molecule has 0 bridgehead atoms. The zero-order chi connectivity index (χ0) is 24.1. The molecule has 1 N–H and O–H groups in total. The van der Waals surface area contributed by atoms with Gasteiger partial charge < -0.3 is 24.6 Å². The normalized spacial score (nSPS) is 14.1. The van der Waals surface area contributed by atoms with E-state index in [1.807, 2.05) is 36.5 Å². The summed E-state index contributed by atoms with van der Waals surface area (Å²) in [5.41, 5.74) is 1.08. The maximum Gasteiger partial charge on any atom is 0.318 e.